The van der Waals surface area contributed by atoms with E-state index in [9.17, 15) is 4.39 Å². The summed E-state index contributed by atoms with van der Waals surface area (Å²) in [5.41, 5.74) is 5.33. The Hall–Kier alpha value is -2.13. The fourth-order valence-electron chi connectivity index (χ4n) is 4.29. The molecule has 1 fully saturated rings. The van der Waals surface area contributed by atoms with E-state index >= 15 is 0 Å². The van der Waals surface area contributed by atoms with Crippen LogP contribution >= 0.6 is 0 Å². The van der Waals surface area contributed by atoms with Crippen LogP contribution in [0.25, 0.3) is 10.9 Å². The second-order valence-electron chi connectivity index (χ2n) is 7.29. The van der Waals surface area contributed by atoms with Gasteiger partial charge in [-0.05, 0) is 59.6 Å². The molecule has 0 radical (unpaired) electrons. The topological polar surface area (TPSA) is 19.0 Å². The molecule has 2 aromatic carbocycles. The second kappa shape index (κ2) is 5.45. The molecule has 3 heteroatoms. The van der Waals surface area contributed by atoms with Crippen molar-refractivity contribution in [2.45, 2.75) is 25.3 Å². The predicted molar refractivity (Wildman–Crippen MR) is 94.5 cm³/mol. The number of aromatic nitrogens is 1. The molecule has 24 heavy (non-hydrogen) atoms. The average molecular weight is 320 g/mol. The fraction of sp³-hybridized carbons (Fsp3) is 0.333. The quantitative estimate of drug-likeness (QED) is 0.754. The Bertz CT molecular complexity index is 898. The highest BCUT2D eigenvalue weighted by Crippen LogP contribution is 2.50. The molecule has 2 aliphatic rings. The lowest BCUT2D eigenvalue weighted by Crippen LogP contribution is -2.32. The molecule has 0 unspecified atom stereocenters. The Balaban J connectivity index is 1.30. The van der Waals surface area contributed by atoms with Gasteiger partial charge in [0.15, 0.2) is 0 Å². The summed E-state index contributed by atoms with van der Waals surface area (Å²) in [6.07, 6.45) is 4.47. The van der Waals surface area contributed by atoms with Gasteiger partial charge in [0.1, 0.15) is 5.82 Å². The third-order valence-corrected chi connectivity index (χ3v) is 5.70. The Morgan fingerprint density at radius 3 is 2.92 bits per heavy atom. The van der Waals surface area contributed by atoms with Gasteiger partial charge in [0.2, 0.25) is 0 Å². The summed E-state index contributed by atoms with van der Waals surface area (Å²) in [6.45, 7) is 3.38. The molecule has 2 heterocycles. The van der Waals surface area contributed by atoms with Gasteiger partial charge < -0.3 is 4.98 Å². The zero-order chi connectivity index (χ0) is 16.1. The van der Waals surface area contributed by atoms with Crippen molar-refractivity contribution >= 4 is 10.9 Å². The summed E-state index contributed by atoms with van der Waals surface area (Å²) in [4.78, 5) is 5.88. The molecule has 2 nitrogen and oxygen atoms in total. The molecular weight excluding hydrogens is 299 g/mol. The van der Waals surface area contributed by atoms with E-state index in [-0.39, 0.29) is 5.82 Å². The standard InChI is InChI=1S/C21H21FN2/c22-17-5-6-21-19(10-17)20(11-23-21)18-9-16(18)13-24-8-7-14-3-1-2-4-15(14)12-24/h1-6,10-11,16,18,23H,7-9,12-13H2/t16-,18+/m0/s1. The lowest BCUT2D eigenvalue weighted by atomic mass is 9.99. The lowest BCUT2D eigenvalue weighted by Gasteiger charge is -2.28. The predicted octanol–water partition coefficient (Wildman–Crippen LogP) is 4.47. The van der Waals surface area contributed by atoms with Gasteiger partial charge in [-0.25, -0.2) is 4.39 Å². The molecule has 0 bridgehead atoms. The summed E-state index contributed by atoms with van der Waals surface area (Å²) in [6, 6.07) is 13.8. The van der Waals surface area contributed by atoms with E-state index in [2.05, 4.69) is 40.3 Å². The summed E-state index contributed by atoms with van der Waals surface area (Å²) in [7, 11) is 0. The first-order valence-electron chi connectivity index (χ1n) is 8.83. The van der Waals surface area contributed by atoms with Crippen LogP contribution in [-0.4, -0.2) is 23.0 Å². The van der Waals surface area contributed by atoms with Crippen LogP contribution in [0.15, 0.2) is 48.7 Å². The number of nitrogens with zero attached hydrogens (tertiary/aromatic N) is 1. The molecule has 0 spiro atoms. The molecule has 3 aromatic rings. The van der Waals surface area contributed by atoms with Crippen molar-refractivity contribution in [2.24, 2.45) is 5.92 Å². The number of aromatic amines is 1. The zero-order valence-corrected chi connectivity index (χ0v) is 13.6. The largest absolute Gasteiger partial charge is 0.361 e. The highest BCUT2D eigenvalue weighted by molar-refractivity contribution is 5.84. The van der Waals surface area contributed by atoms with Crippen molar-refractivity contribution in [1.82, 2.24) is 9.88 Å². The van der Waals surface area contributed by atoms with E-state index in [4.69, 9.17) is 0 Å². The molecule has 122 valence electrons. The number of rotatable bonds is 3. The highest BCUT2D eigenvalue weighted by atomic mass is 19.1. The van der Waals surface area contributed by atoms with Gasteiger partial charge in [0.05, 0.1) is 0 Å². The Morgan fingerprint density at radius 1 is 1.12 bits per heavy atom. The molecular formula is C21H21FN2. The van der Waals surface area contributed by atoms with Gasteiger partial charge in [-0.1, -0.05) is 24.3 Å². The van der Waals surface area contributed by atoms with Crippen molar-refractivity contribution in [1.29, 1.82) is 0 Å². The number of nitrogens with one attached hydrogen (secondary N) is 1. The Kier molecular flexibility index (Phi) is 3.23. The molecule has 0 amide bonds. The molecule has 5 rings (SSSR count). The van der Waals surface area contributed by atoms with Gasteiger partial charge in [0.25, 0.3) is 0 Å². The Labute approximate surface area is 141 Å². The van der Waals surface area contributed by atoms with Crippen molar-refractivity contribution in [2.75, 3.05) is 13.1 Å². The minimum absolute atomic E-state index is 0.145. The van der Waals surface area contributed by atoms with Crippen molar-refractivity contribution in [3.63, 3.8) is 0 Å². The van der Waals surface area contributed by atoms with E-state index in [1.54, 1.807) is 6.07 Å². The molecule has 2 atom stereocenters. The maximum absolute atomic E-state index is 13.6. The van der Waals surface area contributed by atoms with Gasteiger partial charge in [0, 0.05) is 36.7 Å². The maximum Gasteiger partial charge on any atom is 0.123 e. The van der Waals surface area contributed by atoms with Crippen molar-refractivity contribution < 1.29 is 4.39 Å². The number of H-pyrrole nitrogens is 1. The number of hydrogen-bond donors (Lipinski definition) is 1. The zero-order valence-electron chi connectivity index (χ0n) is 13.6. The van der Waals surface area contributed by atoms with Gasteiger partial charge >= 0.3 is 0 Å². The first-order chi connectivity index (χ1) is 11.8. The van der Waals surface area contributed by atoms with Crippen LogP contribution in [0.4, 0.5) is 4.39 Å². The maximum atomic E-state index is 13.6. The van der Waals surface area contributed by atoms with E-state index in [0.717, 1.165) is 37.0 Å². The summed E-state index contributed by atoms with van der Waals surface area (Å²) < 4.78 is 13.6. The number of benzene rings is 2. The average Bonchev–Trinajstić information content (AvgIpc) is 3.23. The van der Waals surface area contributed by atoms with Crippen LogP contribution in [-0.2, 0) is 13.0 Å². The third kappa shape index (κ3) is 2.44. The minimum atomic E-state index is -0.145. The van der Waals surface area contributed by atoms with Crippen molar-refractivity contribution in [3.8, 4) is 0 Å². The van der Waals surface area contributed by atoms with Crippen LogP contribution in [0.3, 0.4) is 0 Å². The summed E-state index contributed by atoms with van der Waals surface area (Å²) in [5, 5.41) is 1.06. The van der Waals surface area contributed by atoms with E-state index in [0.29, 0.717) is 11.8 Å². The van der Waals surface area contributed by atoms with Crippen LogP contribution in [0.1, 0.15) is 29.0 Å². The van der Waals surface area contributed by atoms with Crippen LogP contribution in [0.5, 0.6) is 0 Å². The van der Waals surface area contributed by atoms with Crippen molar-refractivity contribution in [3.05, 3.63) is 71.2 Å². The number of hydrogen-bond acceptors (Lipinski definition) is 1. The third-order valence-electron chi connectivity index (χ3n) is 5.70. The SMILES string of the molecule is Fc1ccc2[nH]cc([C@@H]3C[C@H]3CN3CCc4ccccc4C3)c2c1. The Morgan fingerprint density at radius 2 is 2.00 bits per heavy atom. The molecule has 0 saturated heterocycles. The van der Waals surface area contributed by atoms with Crippen LogP contribution < -0.4 is 0 Å². The monoisotopic (exact) mass is 320 g/mol. The van der Waals surface area contributed by atoms with E-state index in [1.807, 2.05) is 6.07 Å². The first kappa shape index (κ1) is 14.2. The first-order valence-corrected chi connectivity index (χ1v) is 8.83. The summed E-state index contributed by atoms with van der Waals surface area (Å²) >= 11 is 0. The molecule has 1 aromatic heterocycles. The highest BCUT2D eigenvalue weighted by Gasteiger charge is 2.40. The fourth-order valence-corrected chi connectivity index (χ4v) is 4.29. The van der Waals surface area contributed by atoms with E-state index in [1.165, 1.54) is 29.2 Å². The van der Waals surface area contributed by atoms with Gasteiger partial charge in [-0.3, -0.25) is 4.90 Å². The normalized spacial score (nSPS) is 23.4. The van der Waals surface area contributed by atoms with Gasteiger partial charge in [-0.2, -0.15) is 0 Å². The summed E-state index contributed by atoms with van der Waals surface area (Å²) in [5.74, 6) is 1.14. The van der Waals surface area contributed by atoms with E-state index < -0.39 is 0 Å². The van der Waals surface area contributed by atoms with Gasteiger partial charge in [-0.15, -0.1) is 0 Å². The minimum Gasteiger partial charge on any atom is -0.361 e. The molecule has 1 N–H and O–H groups in total. The second-order valence-corrected chi connectivity index (χ2v) is 7.29. The lowest BCUT2D eigenvalue weighted by molar-refractivity contribution is 0.242. The molecule has 1 aliphatic carbocycles. The van der Waals surface area contributed by atoms with Crippen LogP contribution in [0, 0.1) is 11.7 Å². The number of halogens is 1. The number of fused-ring (bicyclic) bond motifs is 2. The smallest absolute Gasteiger partial charge is 0.123 e. The molecule has 1 saturated carbocycles. The van der Waals surface area contributed by atoms with Crippen LogP contribution in [0.2, 0.25) is 0 Å². The molecule has 1 aliphatic heterocycles.